The van der Waals surface area contributed by atoms with Crippen LogP contribution >= 0.6 is 0 Å². The maximum atomic E-state index is 12.3. The van der Waals surface area contributed by atoms with Crippen molar-refractivity contribution in [3.05, 3.63) is 23.9 Å². The molecule has 2 rings (SSSR count). The van der Waals surface area contributed by atoms with Crippen LogP contribution in [0.2, 0.25) is 0 Å². The summed E-state index contributed by atoms with van der Waals surface area (Å²) in [6, 6.07) is 3.60. The van der Waals surface area contributed by atoms with Gasteiger partial charge in [0, 0.05) is 26.3 Å². The van der Waals surface area contributed by atoms with E-state index in [4.69, 9.17) is 4.74 Å². The number of nitrogens with zero attached hydrogens (tertiary/aromatic N) is 2. The van der Waals surface area contributed by atoms with Gasteiger partial charge in [-0.25, -0.2) is 4.98 Å². The summed E-state index contributed by atoms with van der Waals surface area (Å²) in [6.07, 6.45) is 1.61. The Kier molecular flexibility index (Phi) is 3.52. The molecular weight excluding hydrogens is 230 g/mol. The van der Waals surface area contributed by atoms with Crippen LogP contribution in [-0.2, 0) is 4.74 Å². The largest absolute Gasteiger partial charge is 0.373 e. The molecular formula is C13H19N3O2. The molecule has 1 aliphatic heterocycles. The number of carbonyl (C=O) groups is 1. The van der Waals surface area contributed by atoms with Crippen molar-refractivity contribution in [3.63, 3.8) is 0 Å². The molecule has 0 aliphatic carbocycles. The van der Waals surface area contributed by atoms with Crippen LogP contribution in [0.1, 0.15) is 24.2 Å². The van der Waals surface area contributed by atoms with Gasteiger partial charge in [-0.2, -0.15) is 0 Å². The zero-order valence-electron chi connectivity index (χ0n) is 11.1. The number of anilines is 1. The van der Waals surface area contributed by atoms with E-state index in [0.717, 1.165) is 5.82 Å². The van der Waals surface area contributed by atoms with Crippen molar-refractivity contribution in [1.29, 1.82) is 0 Å². The number of aromatic nitrogens is 1. The first-order valence-corrected chi connectivity index (χ1v) is 6.09. The Balaban J connectivity index is 2.10. The van der Waals surface area contributed by atoms with Crippen molar-refractivity contribution in [2.24, 2.45) is 0 Å². The lowest BCUT2D eigenvalue weighted by atomic mass is 10.1. The van der Waals surface area contributed by atoms with E-state index < -0.39 is 0 Å². The van der Waals surface area contributed by atoms with Crippen LogP contribution in [0.4, 0.5) is 5.82 Å². The van der Waals surface area contributed by atoms with E-state index in [2.05, 4.69) is 10.3 Å². The standard InChI is InChI=1S/C13H19N3O2/c1-13(2)9-16(6-7-18-13)12(17)10-4-5-11(14-3)15-8-10/h4-5,8H,6-7,9H2,1-3H3,(H,14,15). The second-order valence-corrected chi connectivity index (χ2v) is 5.02. The highest BCUT2D eigenvalue weighted by Gasteiger charge is 2.30. The molecule has 1 N–H and O–H groups in total. The van der Waals surface area contributed by atoms with Gasteiger partial charge in [-0.05, 0) is 26.0 Å². The zero-order valence-corrected chi connectivity index (χ0v) is 11.1. The Morgan fingerprint density at radius 1 is 1.50 bits per heavy atom. The number of morpholine rings is 1. The molecule has 1 fully saturated rings. The van der Waals surface area contributed by atoms with Crippen molar-refractivity contribution in [3.8, 4) is 0 Å². The molecule has 0 unspecified atom stereocenters. The Morgan fingerprint density at radius 3 is 2.83 bits per heavy atom. The van der Waals surface area contributed by atoms with Gasteiger partial charge < -0.3 is 15.0 Å². The van der Waals surface area contributed by atoms with Crippen LogP contribution in [0.25, 0.3) is 0 Å². The Labute approximate surface area is 107 Å². The van der Waals surface area contributed by atoms with Gasteiger partial charge in [0.1, 0.15) is 5.82 Å². The average molecular weight is 249 g/mol. The predicted octanol–water partition coefficient (Wildman–Crippen LogP) is 1.37. The average Bonchev–Trinajstić information content (AvgIpc) is 2.37. The first-order chi connectivity index (χ1) is 8.52. The molecule has 0 radical (unpaired) electrons. The lowest BCUT2D eigenvalue weighted by Crippen LogP contribution is -2.50. The van der Waals surface area contributed by atoms with Crippen molar-refractivity contribution >= 4 is 11.7 Å². The third kappa shape index (κ3) is 2.79. The summed E-state index contributed by atoms with van der Waals surface area (Å²) in [6.45, 7) is 5.82. The number of rotatable bonds is 2. The van der Waals surface area contributed by atoms with Crippen LogP contribution in [0.3, 0.4) is 0 Å². The van der Waals surface area contributed by atoms with Gasteiger partial charge in [0.25, 0.3) is 5.91 Å². The van der Waals surface area contributed by atoms with Crippen LogP contribution in [0.15, 0.2) is 18.3 Å². The molecule has 5 nitrogen and oxygen atoms in total. The highest BCUT2D eigenvalue weighted by Crippen LogP contribution is 2.18. The molecule has 0 spiro atoms. The van der Waals surface area contributed by atoms with E-state index in [9.17, 15) is 4.79 Å². The number of ether oxygens (including phenoxy) is 1. The molecule has 5 heteroatoms. The second-order valence-electron chi connectivity index (χ2n) is 5.02. The van der Waals surface area contributed by atoms with Gasteiger partial charge >= 0.3 is 0 Å². The molecule has 0 aromatic carbocycles. The minimum atomic E-state index is -0.272. The zero-order chi connectivity index (χ0) is 13.2. The quantitative estimate of drug-likeness (QED) is 0.860. The normalized spacial score (nSPS) is 18.5. The van der Waals surface area contributed by atoms with Crippen LogP contribution in [-0.4, -0.2) is 48.1 Å². The maximum absolute atomic E-state index is 12.3. The first-order valence-electron chi connectivity index (χ1n) is 6.09. The Bertz CT molecular complexity index is 428. The third-order valence-corrected chi connectivity index (χ3v) is 2.98. The lowest BCUT2D eigenvalue weighted by molar-refractivity contribution is -0.0764. The number of carbonyl (C=O) groups excluding carboxylic acids is 1. The van der Waals surface area contributed by atoms with E-state index in [1.807, 2.05) is 18.7 Å². The molecule has 1 aliphatic rings. The third-order valence-electron chi connectivity index (χ3n) is 2.98. The van der Waals surface area contributed by atoms with Crippen molar-refractivity contribution in [2.75, 3.05) is 32.1 Å². The SMILES string of the molecule is CNc1ccc(C(=O)N2CCOC(C)(C)C2)cn1. The van der Waals surface area contributed by atoms with Crippen LogP contribution < -0.4 is 5.32 Å². The van der Waals surface area contributed by atoms with Gasteiger partial charge in [-0.1, -0.05) is 0 Å². The monoisotopic (exact) mass is 249 g/mol. The van der Waals surface area contributed by atoms with Gasteiger partial charge in [0.15, 0.2) is 0 Å². The van der Waals surface area contributed by atoms with E-state index >= 15 is 0 Å². The fourth-order valence-electron chi connectivity index (χ4n) is 2.04. The molecule has 1 aromatic heterocycles. The van der Waals surface area contributed by atoms with Gasteiger partial charge in [0.05, 0.1) is 17.8 Å². The van der Waals surface area contributed by atoms with Crippen molar-refractivity contribution in [1.82, 2.24) is 9.88 Å². The second kappa shape index (κ2) is 4.94. The summed E-state index contributed by atoms with van der Waals surface area (Å²) in [7, 11) is 1.80. The molecule has 1 amide bonds. The summed E-state index contributed by atoms with van der Waals surface area (Å²) >= 11 is 0. The fourth-order valence-corrected chi connectivity index (χ4v) is 2.04. The molecule has 0 bridgehead atoms. The maximum Gasteiger partial charge on any atom is 0.255 e. The Hall–Kier alpha value is -1.62. The van der Waals surface area contributed by atoms with E-state index in [1.165, 1.54) is 0 Å². The summed E-state index contributed by atoms with van der Waals surface area (Å²) in [5.74, 6) is 0.774. The molecule has 0 atom stereocenters. The van der Waals surface area contributed by atoms with E-state index in [1.54, 1.807) is 25.4 Å². The number of amides is 1. The smallest absolute Gasteiger partial charge is 0.255 e. The van der Waals surface area contributed by atoms with Crippen LogP contribution in [0.5, 0.6) is 0 Å². The first kappa shape index (κ1) is 12.8. The van der Waals surface area contributed by atoms with Gasteiger partial charge in [-0.3, -0.25) is 4.79 Å². The fraction of sp³-hybridized carbons (Fsp3) is 0.538. The minimum Gasteiger partial charge on any atom is -0.373 e. The topological polar surface area (TPSA) is 54.5 Å². The van der Waals surface area contributed by atoms with E-state index in [-0.39, 0.29) is 11.5 Å². The number of hydrogen-bond donors (Lipinski definition) is 1. The minimum absolute atomic E-state index is 0.0153. The molecule has 1 aromatic rings. The van der Waals surface area contributed by atoms with Gasteiger partial charge in [-0.15, -0.1) is 0 Å². The summed E-state index contributed by atoms with van der Waals surface area (Å²) in [4.78, 5) is 18.3. The summed E-state index contributed by atoms with van der Waals surface area (Å²) < 4.78 is 5.60. The van der Waals surface area contributed by atoms with E-state index in [0.29, 0.717) is 25.3 Å². The summed E-state index contributed by atoms with van der Waals surface area (Å²) in [5, 5.41) is 2.93. The van der Waals surface area contributed by atoms with Crippen molar-refractivity contribution in [2.45, 2.75) is 19.4 Å². The Morgan fingerprint density at radius 2 is 2.28 bits per heavy atom. The number of nitrogens with one attached hydrogen (secondary N) is 1. The highest BCUT2D eigenvalue weighted by atomic mass is 16.5. The molecule has 18 heavy (non-hydrogen) atoms. The highest BCUT2D eigenvalue weighted by molar-refractivity contribution is 5.94. The number of pyridine rings is 1. The number of hydrogen-bond acceptors (Lipinski definition) is 4. The van der Waals surface area contributed by atoms with Gasteiger partial charge in [0.2, 0.25) is 0 Å². The molecule has 1 saturated heterocycles. The van der Waals surface area contributed by atoms with Crippen molar-refractivity contribution < 1.29 is 9.53 Å². The lowest BCUT2D eigenvalue weighted by Gasteiger charge is -2.38. The molecule has 0 saturated carbocycles. The predicted molar refractivity (Wildman–Crippen MR) is 69.7 cm³/mol. The van der Waals surface area contributed by atoms with Crippen LogP contribution in [0, 0.1) is 0 Å². The molecule has 2 heterocycles. The summed E-state index contributed by atoms with van der Waals surface area (Å²) in [5.41, 5.74) is 0.346. The molecule has 98 valence electrons.